The van der Waals surface area contributed by atoms with Crippen LogP contribution < -0.4 is 11.5 Å². The molecular weight excluding hydrogens is 210 g/mol. The molecule has 0 saturated carbocycles. The molecule has 4 N–H and O–H groups in total. The van der Waals surface area contributed by atoms with Crippen molar-refractivity contribution in [1.82, 2.24) is 4.98 Å². The van der Waals surface area contributed by atoms with E-state index in [4.69, 9.17) is 11.5 Å². The molecule has 3 nitrogen and oxygen atoms in total. The van der Waals surface area contributed by atoms with Crippen molar-refractivity contribution in [1.29, 1.82) is 0 Å². The van der Waals surface area contributed by atoms with Crippen LogP contribution in [0.25, 0.3) is 5.57 Å². The van der Waals surface area contributed by atoms with E-state index in [-0.39, 0.29) is 0 Å². The highest BCUT2D eigenvalue weighted by Crippen LogP contribution is 2.11. The van der Waals surface area contributed by atoms with Crippen molar-refractivity contribution >= 4 is 5.57 Å². The minimum atomic E-state index is 0.459. The monoisotopic (exact) mass is 229 g/mol. The second kappa shape index (κ2) is 6.78. The average Bonchev–Trinajstić information content (AvgIpc) is 2.38. The highest BCUT2D eigenvalue weighted by Gasteiger charge is 1.97. The SMILES string of the molecule is C=C(/C=C\C=C(/C)c1cccc(CN)n1)CN. The third-order valence-electron chi connectivity index (χ3n) is 2.36. The quantitative estimate of drug-likeness (QED) is 0.759. The number of aromatic nitrogens is 1. The highest BCUT2D eigenvalue weighted by molar-refractivity contribution is 5.62. The van der Waals surface area contributed by atoms with Gasteiger partial charge in [-0.15, -0.1) is 0 Å². The van der Waals surface area contributed by atoms with Gasteiger partial charge >= 0.3 is 0 Å². The smallest absolute Gasteiger partial charge is 0.0662 e. The van der Waals surface area contributed by atoms with Gasteiger partial charge in [-0.25, -0.2) is 0 Å². The summed E-state index contributed by atoms with van der Waals surface area (Å²) in [5, 5.41) is 0. The van der Waals surface area contributed by atoms with Gasteiger partial charge in [0.25, 0.3) is 0 Å². The van der Waals surface area contributed by atoms with E-state index in [9.17, 15) is 0 Å². The molecule has 1 aromatic heterocycles. The van der Waals surface area contributed by atoms with Gasteiger partial charge in [0, 0.05) is 13.1 Å². The molecule has 0 amide bonds. The molecule has 1 rings (SSSR count). The first-order chi connectivity index (χ1) is 8.17. The van der Waals surface area contributed by atoms with Crippen LogP contribution in [0.3, 0.4) is 0 Å². The zero-order chi connectivity index (χ0) is 12.7. The van der Waals surface area contributed by atoms with Gasteiger partial charge in [-0.1, -0.05) is 30.9 Å². The number of pyridine rings is 1. The van der Waals surface area contributed by atoms with Gasteiger partial charge in [0.05, 0.1) is 11.4 Å². The predicted octanol–water partition coefficient (Wildman–Crippen LogP) is 2.01. The Kier molecular flexibility index (Phi) is 5.33. The lowest BCUT2D eigenvalue weighted by molar-refractivity contribution is 0.982. The van der Waals surface area contributed by atoms with E-state index < -0.39 is 0 Å². The first-order valence-electron chi connectivity index (χ1n) is 5.56. The maximum atomic E-state index is 5.56. The Labute approximate surface area is 103 Å². The van der Waals surface area contributed by atoms with Crippen molar-refractivity contribution < 1.29 is 0 Å². The van der Waals surface area contributed by atoms with Crippen LogP contribution in [-0.4, -0.2) is 11.5 Å². The highest BCUT2D eigenvalue weighted by atomic mass is 14.7. The Morgan fingerprint density at radius 1 is 1.41 bits per heavy atom. The minimum absolute atomic E-state index is 0.459. The van der Waals surface area contributed by atoms with Crippen molar-refractivity contribution in [3.63, 3.8) is 0 Å². The zero-order valence-electron chi connectivity index (χ0n) is 10.2. The summed E-state index contributed by atoms with van der Waals surface area (Å²) >= 11 is 0. The molecular formula is C14H19N3. The molecule has 0 bridgehead atoms. The van der Waals surface area contributed by atoms with Crippen LogP contribution in [-0.2, 0) is 6.54 Å². The number of hydrogen-bond donors (Lipinski definition) is 2. The van der Waals surface area contributed by atoms with Gasteiger partial charge in [-0.2, -0.15) is 0 Å². The minimum Gasteiger partial charge on any atom is -0.327 e. The molecule has 0 unspecified atom stereocenters. The number of hydrogen-bond acceptors (Lipinski definition) is 3. The molecule has 1 heterocycles. The fourth-order valence-corrected chi connectivity index (χ4v) is 1.29. The molecule has 3 heteroatoms. The van der Waals surface area contributed by atoms with Gasteiger partial charge in [-0.3, -0.25) is 4.98 Å². The first-order valence-corrected chi connectivity index (χ1v) is 5.56. The van der Waals surface area contributed by atoms with Crippen LogP contribution >= 0.6 is 0 Å². The van der Waals surface area contributed by atoms with E-state index in [0.29, 0.717) is 13.1 Å². The summed E-state index contributed by atoms with van der Waals surface area (Å²) in [6, 6.07) is 5.85. The molecule has 90 valence electrons. The predicted molar refractivity (Wildman–Crippen MR) is 73.1 cm³/mol. The van der Waals surface area contributed by atoms with E-state index in [1.807, 2.05) is 43.4 Å². The zero-order valence-corrected chi connectivity index (χ0v) is 10.2. The summed E-state index contributed by atoms with van der Waals surface area (Å²) in [4.78, 5) is 4.43. The molecule has 17 heavy (non-hydrogen) atoms. The maximum Gasteiger partial charge on any atom is 0.0662 e. The van der Waals surface area contributed by atoms with Crippen molar-refractivity contribution in [2.24, 2.45) is 11.5 Å². The largest absolute Gasteiger partial charge is 0.327 e. The second-order valence-electron chi connectivity index (χ2n) is 3.79. The molecule has 0 aliphatic heterocycles. The van der Waals surface area contributed by atoms with Crippen molar-refractivity contribution in [3.8, 4) is 0 Å². The van der Waals surface area contributed by atoms with Gasteiger partial charge < -0.3 is 11.5 Å². The summed E-state index contributed by atoms with van der Waals surface area (Å²) in [5.74, 6) is 0. The summed E-state index contributed by atoms with van der Waals surface area (Å²) in [7, 11) is 0. The number of allylic oxidation sites excluding steroid dienone is 3. The Balaban J connectivity index is 2.81. The average molecular weight is 229 g/mol. The van der Waals surface area contributed by atoms with Crippen LogP contribution in [0.5, 0.6) is 0 Å². The maximum absolute atomic E-state index is 5.56. The Morgan fingerprint density at radius 3 is 2.82 bits per heavy atom. The Hall–Kier alpha value is -1.71. The van der Waals surface area contributed by atoms with Crippen molar-refractivity contribution in [3.05, 3.63) is 60.0 Å². The van der Waals surface area contributed by atoms with Gasteiger partial charge in [0.15, 0.2) is 0 Å². The van der Waals surface area contributed by atoms with Crippen LogP contribution in [0.15, 0.2) is 48.6 Å². The lowest BCUT2D eigenvalue weighted by Gasteiger charge is -2.02. The van der Waals surface area contributed by atoms with E-state index in [1.165, 1.54) is 0 Å². The van der Waals surface area contributed by atoms with Gasteiger partial charge in [0.2, 0.25) is 0 Å². The summed E-state index contributed by atoms with van der Waals surface area (Å²) in [6.07, 6.45) is 5.82. The number of rotatable bonds is 5. The third kappa shape index (κ3) is 4.34. The molecule has 0 aliphatic rings. The molecule has 0 fully saturated rings. The molecule has 0 radical (unpaired) electrons. The molecule has 1 aromatic rings. The molecule has 0 atom stereocenters. The lowest BCUT2D eigenvalue weighted by Crippen LogP contribution is -2.00. The lowest BCUT2D eigenvalue weighted by atomic mass is 10.1. The fourth-order valence-electron chi connectivity index (χ4n) is 1.29. The molecule has 0 saturated heterocycles. The van der Waals surface area contributed by atoms with Crippen LogP contribution in [0.2, 0.25) is 0 Å². The van der Waals surface area contributed by atoms with Crippen LogP contribution in [0.1, 0.15) is 18.3 Å². The molecule has 0 aliphatic carbocycles. The van der Waals surface area contributed by atoms with Crippen LogP contribution in [0.4, 0.5) is 0 Å². The Bertz CT molecular complexity index is 445. The van der Waals surface area contributed by atoms with Crippen molar-refractivity contribution in [2.75, 3.05) is 6.54 Å². The fraction of sp³-hybridized carbons (Fsp3) is 0.214. The molecule has 0 aromatic carbocycles. The van der Waals surface area contributed by atoms with Gasteiger partial charge in [0.1, 0.15) is 0 Å². The van der Waals surface area contributed by atoms with Gasteiger partial charge in [-0.05, 0) is 30.2 Å². The van der Waals surface area contributed by atoms with E-state index in [2.05, 4.69) is 11.6 Å². The number of nitrogens with two attached hydrogens (primary N) is 2. The van der Waals surface area contributed by atoms with E-state index in [1.54, 1.807) is 0 Å². The first kappa shape index (κ1) is 13.4. The summed E-state index contributed by atoms with van der Waals surface area (Å²) in [6.45, 7) is 6.74. The van der Waals surface area contributed by atoms with Crippen LogP contribution in [0, 0.1) is 0 Å². The normalized spacial score (nSPS) is 12.1. The standard InChI is InChI=1S/C14H19N3/c1-11(9-15)5-3-6-12(2)14-8-4-7-13(10-16)17-14/h3-8H,1,9-10,15-16H2,2H3/b5-3-,12-6+. The summed E-state index contributed by atoms with van der Waals surface area (Å²) in [5.41, 5.74) is 14.8. The van der Waals surface area contributed by atoms with E-state index in [0.717, 1.165) is 22.5 Å². The van der Waals surface area contributed by atoms with Crippen molar-refractivity contribution in [2.45, 2.75) is 13.5 Å². The topological polar surface area (TPSA) is 64.9 Å². The van der Waals surface area contributed by atoms with E-state index >= 15 is 0 Å². The molecule has 0 spiro atoms. The Morgan fingerprint density at radius 2 is 2.18 bits per heavy atom. The third-order valence-corrected chi connectivity index (χ3v) is 2.36. The second-order valence-corrected chi connectivity index (χ2v) is 3.79. The summed E-state index contributed by atoms with van der Waals surface area (Å²) < 4.78 is 0. The number of nitrogens with zero attached hydrogens (tertiary/aromatic N) is 1.